The number of nitrogens with two attached hydrogens (primary N) is 1. The van der Waals surface area contributed by atoms with Crippen LogP contribution in [-0.2, 0) is 19.4 Å². The molecule has 0 radical (unpaired) electrons. The molecule has 0 rings (SSSR count). The standard InChI is InChI=1S/C10H21NO4S/c1-8(5-6-11)16(13,14)7-9(12)15-10(2,3)4/h8H,5-7,11H2,1-4H3. The summed E-state index contributed by atoms with van der Waals surface area (Å²) in [5.41, 5.74) is 4.62. The van der Waals surface area contributed by atoms with Crippen molar-refractivity contribution >= 4 is 15.8 Å². The van der Waals surface area contributed by atoms with Gasteiger partial charge in [0.25, 0.3) is 0 Å². The molecule has 0 aliphatic heterocycles. The minimum Gasteiger partial charge on any atom is -0.459 e. The summed E-state index contributed by atoms with van der Waals surface area (Å²) in [6.07, 6.45) is 0.352. The number of rotatable bonds is 5. The van der Waals surface area contributed by atoms with E-state index >= 15 is 0 Å². The lowest BCUT2D eigenvalue weighted by atomic mass is 10.2. The average Bonchev–Trinajstić information content (AvgIpc) is 1.99. The van der Waals surface area contributed by atoms with Gasteiger partial charge in [-0.3, -0.25) is 4.79 Å². The third-order valence-corrected chi connectivity index (χ3v) is 4.03. The fourth-order valence-corrected chi connectivity index (χ4v) is 2.26. The smallest absolute Gasteiger partial charge is 0.321 e. The molecular weight excluding hydrogens is 230 g/mol. The van der Waals surface area contributed by atoms with Gasteiger partial charge in [0.1, 0.15) is 11.4 Å². The van der Waals surface area contributed by atoms with Crippen LogP contribution >= 0.6 is 0 Å². The molecule has 5 nitrogen and oxygen atoms in total. The van der Waals surface area contributed by atoms with Crippen molar-refractivity contribution in [2.45, 2.75) is 45.0 Å². The van der Waals surface area contributed by atoms with Gasteiger partial charge in [-0.05, 0) is 40.7 Å². The van der Waals surface area contributed by atoms with Crippen LogP contribution in [0.15, 0.2) is 0 Å². The monoisotopic (exact) mass is 251 g/mol. The maximum absolute atomic E-state index is 11.7. The lowest BCUT2D eigenvalue weighted by molar-refractivity contribution is -0.151. The fraction of sp³-hybridized carbons (Fsp3) is 0.900. The molecule has 16 heavy (non-hydrogen) atoms. The van der Waals surface area contributed by atoms with Crippen LogP contribution in [0.1, 0.15) is 34.1 Å². The minimum absolute atomic E-state index is 0.286. The van der Waals surface area contributed by atoms with Crippen molar-refractivity contribution < 1.29 is 17.9 Å². The van der Waals surface area contributed by atoms with E-state index < -0.39 is 32.4 Å². The highest BCUT2D eigenvalue weighted by Crippen LogP contribution is 2.11. The predicted octanol–water partition coefficient (Wildman–Crippen LogP) is 0.480. The molecule has 0 aromatic rings. The van der Waals surface area contributed by atoms with Gasteiger partial charge >= 0.3 is 5.97 Å². The Hall–Kier alpha value is -0.620. The minimum atomic E-state index is -3.45. The van der Waals surface area contributed by atoms with E-state index in [1.807, 2.05) is 0 Å². The second-order valence-electron chi connectivity index (χ2n) is 4.78. The summed E-state index contributed by atoms with van der Waals surface area (Å²) in [6, 6.07) is 0. The first-order chi connectivity index (χ1) is 7.08. The molecule has 0 amide bonds. The van der Waals surface area contributed by atoms with Gasteiger partial charge in [-0.15, -0.1) is 0 Å². The lowest BCUT2D eigenvalue weighted by Gasteiger charge is -2.20. The summed E-state index contributed by atoms with van der Waals surface area (Å²) < 4.78 is 28.3. The van der Waals surface area contributed by atoms with Gasteiger partial charge in [-0.25, -0.2) is 8.42 Å². The van der Waals surface area contributed by atoms with Crippen molar-refractivity contribution in [2.75, 3.05) is 12.3 Å². The van der Waals surface area contributed by atoms with E-state index in [4.69, 9.17) is 10.5 Å². The normalized spacial score (nSPS) is 14.6. The van der Waals surface area contributed by atoms with Crippen LogP contribution in [0.3, 0.4) is 0 Å². The summed E-state index contributed by atoms with van der Waals surface area (Å²) in [5, 5.41) is -0.606. The van der Waals surface area contributed by atoms with E-state index in [2.05, 4.69) is 0 Å². The molecule has 1 unspecified atom stereocenters. The molecule has 96 valence electrons. The number of hydrogen-bond acceptors (Lipinski definition) is 5. The van der Waals surface area contributed by atoms with Crippen molar-refractivity contribution in [3.8, 4) is 0 Å². The highest BCUT2D eigenvalue weighted by molar-refractivity contribution is 7.92. The molecule has 0 aliphatic carbocycles. The molecule has 0 heterocycles. The van der Waals surface area contributed by atoms with Crippen LogP contribution in [0.25, 0.3) is 0 Å². The molecule has 0 aromatic heterocycles. The Balaban J connectivity index is 4.43. The summed E-state index contributed by atoms with van der Waals surface area (Å²) in [7, 11) is -3.45. The second kappa shape index (κ2) is 5.63. The van der Waals surface area contributed by atoms with Gasteiger partial charge in [0, 0.05) is 0 Å². The number of esters is 1. The lowest BCUT2D eigenvalue weighted by Crippen LogP contribution is -2.32. The number of sulfone groups is 1. The second-order valence-corrected chi connectivity index (χ2v) is 7.20. The predicted molar refractivity (Wildman–Crippen MR) is 62.8 cm³/mol. The maximum Gasteiger partial charge on any atom is 0.321 e. The summed E-state index contributed by atoms with van der Waals surface area (Å²) in [5.74, 6) is -1.29. The first-order valence-electron chi connectivity index (χ1n) is 5.22. The average molecular weight is 251 g/mol. The molecule has 6 heteroatoms. The third-order valence-electron chi connectivity index (χ3n) is 1.93. The Labute approximate surface area is 97.3 Å². The van der Waals surface area contributed by atoms with Gasteiger partial charge in [0.15, 0.2) is 9.84 Å². The van der Waals surface area contributed by atoms with Crippen LogP contribution in [0.5, 0.6) is 0 Å². The summed E-state index contributed by atoms with van der Waals surface area (Å²) in [6.45, 7) is 6.92. The number of ether oxygens (including phenoxy) is 1. The summed E-state index contributed by atoms with van der Waals surface area (Å²) >= 11 is 0. The third kappa shape index (κ3) is 6.07. The van der Waals surface area contributed by atoms with Gasteiger partial charge in [-0.2, -0.15) is 0 Å². The maximum atomic E-state index is 11.7. The van der Waals surface area contributed by atoms with Gasteiger partial charge < -0.3 is 10.5 Å². The first-order valence-corrected chi connectivity index (χ1v) is 6.93. The van der Waals surface area contributed by atoms with Crippen molar-refractivity contribution in [1.82, 2.24) is 0 Å². The van der Waals surface area contributed by atoms with E-state index in [0.717, 1.165) is 0 Å². The number of carbonyl (C=O) groups is 1. The SMILES string of the molecule is CC(CCN)S(=O)(=O)CC(=O)OC(C)(C)C. The molecule has 0 aliphatic rings. The highest BCUT2D eigenvalue weighted by Gasteiger charge is 2.26. The van der Waals surface area contributed by atoms with Crippen molar-refractivity contribution in [1.29, 1.82) is 0 Å². The Morgan fingerprint density at radius 2 is 1.88 bits per heavy atom. The Kier molecular flexibility index (Phi) is 5.41. The first kappa shape index (κ1) is 15.4. The molecule has 0 saturated carbocycles. The quantitative estimate of drug-likeness (QED) is 0.718. The van der Waals surface area contributed by atoms with E-state index in [1.165, 1.54) is 0 Å². The zero-order chi connectivity index (χ0) is 13.0. The van der Waals surface area contributed by atoms with Crippen LogP contribution < -0.4 is 5.73 Å². The molecule has 0 saturated heterocycles. The van der Waals surface area contributed by atoms with Crippen LogP contribution in [0, 0.1) is 0 Å². The van der Waals surface area contributed by atoms with E-state index in [0.29, 0.717) is 6.42 Å². The van der Waals surface area contributed by atoms with Gasteiger partial charge in [0.05, 0.1) is 5.25 Å². The largest absolute Gasteiger partial charge is 0.459 e. The molecule has 0 fully saturated rings. The Morgan fingerprint density at radius 1 is 1.38 bits per heavy atom. The van der Waals surface area contributed by atoms with Crippen molar-refractivity contribution in [3.63, 3.8) is 0 Å². The highest BCUT2D eigenvalue weighted by atomic mass is 32.2. The van der Waals surface area contributed by atoms with E-state index in [1.54, 1.807) is 27.7 Å². The van der Waals surface area contributed by atoms with E-state index in [-0.39, 0.29) is 6.54 Å². The topological polar surface area (TPSA) is 86.5 Å². The van der Waals surface area contributed by atoms with Gasteiger partial charge in [-0.1, -0.05) is 0 Å². The van der Waals surface area contributed by atoms with Crippen LogP contribution in [-0.4, -0.2) is 37.5 Å². The molecule has 0 spiro atoms. The van der Waals surface area contributed by atoms with Crippen LogP contribution in [0.2, 0.25) is 0 Å². The Bertz CT molecular complexity index is 329. The molecule has 0 bridgehead atoms. The zero-order valence-electron chi connectivity index (χ0n) is 10.3. The van der Waals surface area contributed by atoms with E-state index in [9.17, 15) is 13.2 Å². The number of carbonyl (C=O) groups excluding carboxylic acids is 1. The van der Waals surface area contributed by atoms with Crippen molar-refractivity contribution in [3.05, 3.63) is 0 Å². The zero-order valence-corrected chi connectivity index (χ0v) is 11.1. The molecular formula is C10H21NO4S. The fourth-order valence-electron chi connectivity index (χ4n) is 1.09. The Morgan fingerprint density at radius 3 is 2.25 bits per heavy atom. The van der Waals surface area contributed by atoms with Crippen molar-refractivity contribution in [2.24, 2.45) is 5.73 Å². The van der Waals surface area contributed by atoms with Gasteiger partial charge in [0.2, 0.25) is 0 Å². The number of hydrogen-bond donors (Lipinski definition) is 1. The van der Waals surface area contributed by atoms with Crippen LogP contribution in [0.4, 0.5) is 0 Å². The molecule has 2 N–H and O–H groups in total. The molecule has 1 atom stereocenters. The molecule has 0 aromatic carbocycles. The summed E-state index contributed by atoms with van der Waals surface area (Å²) in [4.78, 5) is 11.4.